The number of hydrogen-bond acceptors (Lipinski definition) is 5. The van der Waals surface area contributed by atoms with Crippen LogP contribution in [0.4, 0.5) is 5.82 Å². The minimum absolute atomic E-state index is 0.521. The second-order valence-corrected chi connectivity index (χ2v) is 5.71. The van der Waals surface area contributed by atoms with Gasteiger partial charge in [0.05, 0.1) is 6.20 Å². The molecule has 23 heavy (non-hydrogen) atoms. The third kappa shape index (κ3) is 2.95. The van der Waals surface area contributed by atoms with Crippen molar-refractivity contribution in [2.45, 2.75) is 13.1 Å². The van der Waals surface area contributed by atoms with Gasteiger partial charge < -0.3 is 10.6 Å². The van der Waals surface area contributed by atoms with E-state index in [-0.39, 0.29) is 0 Å². The van der Waals surface area contributed by atoms with Crippen molar-refractivity contribution in [3.8, 4) is 5.82 Å². The highest BCUT2D eigenvalue weighted by Crippen LogP contribution is 2.16. The lowest BCUT2D eigenvalue weighted by atomic mass is 10.1. The molecule has 0 aromatic carbocycles. The predicted molar refractivity (Wildman–Crippen MR) is 87.3 cm³/mol. The maximum absolute atomic E-state index is 4.44. The number of aromatic nitrogens is 5. The summed E-state index contributed by atoms with van der Waals surface area (Å²) in [5.41, 5.74) is 1.14. The van der Waals surface area contributed by atoms with Gasteiger partial charge in [0, 0.05) is 62.3 Å². The third-order valence-corrected chi connectivity index (χ3v) is 4.06. The molecule has 3 aromatic heterocycles. The van der Waals surface area contributed by atoms with Gasteiger partial charge in [-0.25, -0.2) is 14.3 Å². The first-order valence-corrected chi connectivity index (χ1v) is 7.80. The van der Waals surface area contributed by atoms with Gasteiger partial charge in [0.1, 0.15) is 5.82 Å². The maximum atomic E-state index is 4.44. The largest absolute Gasteiger partial charge is 0.370 e. The average Bonchev–Trinajstić information content (AvgIpc) is 3.26. The van der Waals surface area contributed by atoms with Crippen LogP contribution in [0, 0.1) is 5.92 Å². The van der Waals surface area contributed by atoms with E-state index in [2.05, 4.69) is 31.9 Å². The highest BCUT2D eigenvalue weighted by Gasteiger charge is 2.17. The summed E-state index contributed by atoms with van der Waals surface area (Å²) < 4.78 is 3.82. The summed E-state index contributed by atoms with van der Waals surface area (Å²) in [7, 11) is 0. The molecule has 0 bridgehead atoms. The zero-order valence-corrected chi connectivity index (χ0v) is 12.8. The second kappa shape index (κ2) is 6.21. The molecule has 1 atom stereocenters. The molecular formula is C16H19N7. The lowest BCUT2D eigenvalue weighted by Crippen LogP contribution is -2.35. The molecule has 0 spiro atoms. The molecular weight excluding hydrogens is 290 g/mol. The molecule has 0 radical (unpaired) electrons. The van der Waals surface area contributed by atoms with Gasteiger partial charge >= 0.3 is 0 Å². The van der Waals surface area contributed by atoms with E-state index in [1.54, 1.807) is 17.1 Å². The van der Waals surface area contributed by atoms with E-state index in [0.29, 0.717) is 5.92 Å². The lowest BCUT2D eigenvalue weighted by molar-refractivity contribution is 0.391. The summed E-state index contributed by atoms with van der Waals surface area (Å²) in [5, 5.41) is 15.5. The van der Waals surface area contributed by atoms with Crippen LogP contribution in [-0.2, 0) is 13.1 Å². The number of nitrogens with one attached hydrogen (secondary N) is 2. The van der Waals surface area contributed by atoms with Gasteiger partial charge in [-0.3, -0.25) is 0 Å². The molecule has 7 nitrogen and oxygen atoms in total. The molecule has 4 heterocycles. The Bertz CT molecular complexity index is 762. The van der Waals surface area contributed by atoms with Gasteiger partial charge in [0.2, 0.25) is 0 Å². The first-order valence-electron chi connectivity index (χ1n) is 7.80. The highest BCUT2D eigenvalue weighted by molar-refractivity contribution is 5.35. The Morgan fingerprint density at radius 3 is 3.09 bits per heavy atom. The molecule has 3 aromatic rings. The van der Waals surface area contributed by atoms with Gasteiger partial charge in [-0.1, -0.05) is 6.07 Å². The summed E-state index contributed by atoms with van der Waals surface area (Å²) in [6, 6.07) is 7.96. The summed E-state index contributed by atoms with van der Waals surface area (Å²) in [6.45, 7) is 3.62. The standard InChI is InChI=1S/C16H19N7/c1-3-14(16(18-5-1)22-8-2-6-20-22)11-17-9-13-10-19-15-4-7-21-23(15)12-13/h1-8,13,17,19H,9-12H2/t13-/m0/s1. The minimum atomic E-state index is 0.521. The Morgan fingerprint density at radius 1 is 1.17 bits per heavy atom. The fourth-order valence-electron chi connectivity index (χ4n) is 2.90. The number of fused-ring (bicyclic) bond motifs is 1. The number of hydrogen-bond donors (Lipinski definition) is 2. The molecule has 1 aliphatic rings. The normalized spacial score (nSPS) is 16.8. The molecule has 0 saturated carbocycles. The lowest BCUT2D eigenvalue weighted by Gasteiger charge is -2.25. The Kier molecular flexibility index (Phi) is 3.77. The Labute approximate surface area is 134 Å². The van der Waals surface area contributed by atoms with Crippen LogP contribution in [0.15, 0.2) is 49.1 Å². The van der Waals surface area contributed by atoms with E-state index >= 15 is 0 Å². The Morgan fingerprint density at radius 2 is 2.17 bits per heavy atom. The minimum Gasteiger partial charge on any atom is -0.370 e. The van der Waals surface area contributed by atoms with Gasteiger partial charge in [0.15, 0.2) is 5.82 Å². The zero-order valence-electron chi connectivity index (χ0n) is 12.8. The molecule has 0 fully saturated rings. The van der Waals surface area contributed by atoms with Crippen LogP contribution in [-0.4, -0.2) is 37.6 Å². The van der Waals surface area contributed by atoms with E-state index in [9.17, 15) is 0 Å². The van der Waals surface area contributed by atoms with Crippen LogP contribution in [0.1, 0.15) is 5.56 Å². The summed E-state index contributed by atoms with van der Waals surface area (Å²) >= 11 is 0. The van der Waals surface area contributed by atoms with Crippen LogP contribution >= 0.6 is 0 Å². The highest BCUT2D eigenvalue weighted by atomic mass is 15.3. The summed E-state index contributed by atoms with van der Waals surface area (Å²) in [6.07, 6.45) is 7.31. The zero-order chi connectivity index (χ0) is 15.5. The fourth-order valence-corrected chi connectivity index (χ4v) is 2.90. The Hall–Kier alpha value is -2.67. The summed E-state index contributed by atoms with van der Waals surface area (Å²) in [5.74, 6) is 2.50. The molecule has 0 saturated heterocycles. The molecule has 1 aliphatic heterocycles. The predicted octanol–water partition coefficient (Wildman–Crippen LogP) is 1.30. The SMILES string of the molecule is c1cnc(-n2cccn2)c(CNC[C@H]2CNc3ccnn3C2)c1. The third-order valence-electron chi connectivity index (χ3n) is 4.06. The smallest absolute Gasteiger partial charge is 0.157 e. The van der Waals surface area contributed by atoms with Gasteiger partial charge in [0.25, 0.3) is 0 Å². The fraction of sp³-hybridized carbons (Fsp3) is 0.312. The molecule has 4 rings (SSSR count). The van der Waals surface area contributed by atoms with Gasteiger partial charge in [-0.15, -0.1) is 0 Å². The quantitative estimate of drug-likeness (QED) is 0.743. The first-order chi connectivity index (χ1) is 11.4. The molecule has 0 unspecified atom stereocenters. The van der Waals surface area contributed by atoms with Crippen molar-refractivity contribution >= 4 is 5.82 Å². The van der Waals surface area contributed by atoms with E-state index in [1.807, 2.05) is 35.3 Å². The maximum Gasteiger partial charge on any atom is 0.157 e. The molecule has 118 valence electrons. The monoisotopic (exact) mass is 309 g/mol. The van der Waals surface area contributed by atoms with E-state index < -0.39 is 0 Å². The van der Waals surface area contributed by atoms with Crippen molar-refractivity contribution in [2.75, 3.05) is 18.4 Å². The van der Waals surface area contributed by atoms with Crippen LogP contribution in [0.25, 0.3) is 5.82 Å². The van der Waals surface area contributed by atoms with Crippen molar-refractivity contribution < 1.29 is 0 Å². The van der Waals surface area contributed by atoms with Crippen LogP contribution in [0.5, 0.6) is 0 Å². The van der Waals surface area contributed by atoms with Crippen molar-refractivity contribution in [1.29, 1.82) is 0 Å². The number of nitrogens with zero attached hydrogens (tertiary/aromatic N) is 5. The average molecular weight is 309 g/mol. The molecule has 2 N–H and O–H groups in total. The van der Waals surface area contributed by atoms with Crippen molar-refractivity contribution in [1.82, 2.24) is 29.9 Å². The topological polar surface area (TPSA) is 72.6 Å². The summed E-state index contributed by atoms with van der Waals surface area (Å²) in [4.78, 5) is 4.44. The van der Waals surface area contributed by atoms with E-state index in [4.69, 9.17) is 0 Å². The van der Waals surface area contributed by atoms with Crippen molar-refractivity contribution in [2.24, 2.45) is 5.92 Å². The van der Waals surface area contributed by atoms with Crippen molar-refractivity contribution in [3.05, 3.63) is 54.6 Å². The van der Waals surface area contributed by atoms with E-state index in [0.717, 1.165) is 43.4 Å². The number of rotatable bonds is 5. The van der Waals surface area contributed by atoms with Crippen LogP contribution in [0.3, 0.4) is 0 Å². The number of pyridine rings is 1. The molecule has 0 aliphatic carbocycles. The number of anilines is 1. The second-order valence-electron chi connectivity index (χ2n) is 5.71. The van der Waals surface area contributed by atoms with Crippen molar-refractivity contribution in [3.63, 3.8) is 0 Å². The van der Waals surface area contributed by atoms with Crippen LogP contribution in [0.2, 0.25) is 0 Å². The Balaban J connectivity index is 1.37. The van der Waals surface area contributed by atoms with E-state index in [1.165, 1.54) is 0 Å². The van der Waals surface area contributed by atoms with Crippen LogP contribution < -0.4 is 10.6 Å². The molecule has 0 amide bonds. The first kappa shape index (κ1) is 14.0. The van der Waals surface area contributed by atoms with Gasteiger partial charge in [-0.2, -0.15) is 10.2 Å². The van der Waals surface area contributed by atoms with Gasteiger partial charge in [-0.05, 0) is 12.1 Å². The molecule has 7 heteroatoms.